The predicted octanol–water partition coefficient (Wildman–Crippen LogP) is 4.92. The highest BCUT2D eigenvalue weighted by molar-refractivity contribution is 7.98. The van der Waals surface area contributed by atoms with Crippen LogP contribution in [0.2, 0.25) is 0 Å². The van der Waals surface area contributed by atoms with Crippen molar-refractivity contribution in [2.45, 2.75) is 23.6 Å². The van der Waals surface area contributed by atoms with Crippen molar-refractivity contribution in [1.82, 2.24) is 14.5 Å². The first-order valence-corrected chi connectivity index (χ1v) is 10.0. The lowest BCUT2D eigenvalue weighted by molar-refractivity contribution is -0.118. The van der Waals surface area contributed by atoms with Crippen molar-refractivity contribution in [2.24, 2.45) is 0 Å². The Bertz CT molecular complexity index is 1080. The lowest BCUT2D eigenvalue weighted by Crippen LogP contribution is -2.23. The molecule has 0 bridgehead atoms. The van der Waals surface area contributed by atoms with Gasteiger partial charge in [-0.05, 0) is 55.0 Å². The molecule has 1 N–H and O–H groups in total. The third kappa shape index (κ3) is 4.07. The van der Waals surface area contributed by atoms with Gasteiger partial charge in [-0.3, -0.25) is 9.78 Å². The van der Waals surface area contributed by atoms with E-state index >= 15 is 0 Å². The standard InChI is InChI=1S/C22H20N4OS/c1-16(26-15-24-20-6-2-3-7-21(20)26)22(27)25-18-8-10-19(11-9-18)28-14-17-5-4-12-23-13-17/h2-13,15-16H,14H2,1H3,(H,25,27)/t16-/m1/s1. The molecule has 2 aromatic carbocycles. The summed E-state index contributed by atoms with van der Waals surface area (Å²) < 4.78 is 1.89. The summed E-state index contributed by atoms with van der Waals surface area (Å²) in [5.41, 5.74) is 3.81. The van der Waals surface area contributed by atoms with Gasteiger partial charge in [0, 0.05) is 28.7 Å². The number of amides is 1. The van der Waals surface area contributed by atoms with Crippen LogP contribution in [-0.2, 0) is 10.5 Å². The van der Waals surface area contributed by atoms with Gasteiger partial charge in [-0.2, -0.15) is 0 Å². The highest BCUT2D eigenvalue weighted by atomic mass is 32.2. The number of anilines is 1. The average Bonchev–Trinajstić information content (AvgIpc) is 3.17. The Morgan fingerprint density at radius 2 is 1.93 bits per heavy atom. The van der Waals surface area contributed by atoms with E-state index in [1.807, 2.05) is 72.3 Å². The molecular formula is C22H20N4OS. The zero-order chi connectivity index (χ0) is 19.3. The molecule has 28 heavy (non-hydrogen) atoms. The normalized spacial score (nSPS) is 12.0. The summed E-state index contributed by atoms with van der Waals surface area (Å²) in [4.78, 5) is 22.3. The Hall–Kier alpha value is -3.12. The minimum atomic E-state index is -0.355. The van der Waals surface area contributed by atoms with E-state index in [-0.39, 0.29) is 11.9 Å². The summed E-state index contributed by atoms with van der Waals surface area (Å²) in [7, 11) is 0. The number of carbonyl (C=O) groups excluding carboxylic acids is 1. The SMILES string of the molecule is C[C@H](C(=O)Nc1ccc(SCc2cccnc2)cc1)n1cnc2ccccc21. The largest absolute Gasteiger partial charge is 0.324 e. The molecular weight excluding hydrogens is 368 g/mol. The van der Waals surface area contributed by atoms with E-state index in [0.29, 0.717) is 0 Å². The zero-order valence-electron chi connectivity index (χ0n) is 15.4. The number of aromatic nitrogens is 3. The van der Waals surface area contributed by atoms with Crippen molar-refractivity contribution in [2.75, 3.05) is 5.32 Å². The summed E-state index contributed by atoms with van der Waals surface area (Å²) >= 11 is 1.74. The minimum Gasteiger partial charge on any atom is -0.324 e. The molecule has 0 aliphatic heterocycles. The van der Waals surface area contributed by atoms with Crippen LogP contribution in [0, 0.1) is 0 Å². The monoisotopic (exact) mass is 388 g/mol. The molecule has 4 rings (SSSR count). The number of rotatable bonds is 6. The van der Waals surface area contributed by atoms with Gasteiger partial charge in [0.25, 0.3) is 0 Å². The molecule has 0 fully saturated rings. The van der Waals surface area contributed by atoms with Gasteiger partial charge >= 0.3 is 0 Å². The molecule has 4 aromatic rings. The molecule has 0 saturated carbocycles. The molecule has 1 amide bonds. The Labute approximate surface area is 167 Å². The van der Waals surface area contributed by atoms with Crippen molar-refractivity contribution in [3.63, 3.8) is 0 Å². The van der Waals surface area contributed by atoms with Gasteiger partial charge in [0.05, 0.1) is 17.4 Å². The lowest BCUT2D eigenvalue weighted by Gasteiger charge is -2.15. The molecule has 2 heterocycles. The van der Waals surface area contributed by atoms with Crippen LogP contribution in [0.4, 0.5) is 5.69 Å². The van der Waals surface area contributed by atoms with Gasteiger partial charge in [0.1, 0.15) is 6.04 Å². The first kappa shape index (κ1) is 18.3. The van der Waals surface area contributed by atoms with Crippen molar-refractivity contribution in [3.05, 3.63) is 84.9 Å². The lowest BCUT2D eigenvalue weighted by atomic mass is 10.2. The number of para-hydroxylation sites is 2. The second-order valence-corrected chi connectivity index (χ2v) is 7.53. The van der Waals surface area contributed by atoms with Crippen LogP contribution in [0.1, 0.15) is 18.5 Å². The van der Waals surface area contributed by atoms with Crippen LogP contribution in [0.15, 0.2) is 84.3 Å². The average molecular weight is 388 g/mol. The van der Waals surface area contributed by atoms with Crippen LogP contribution in [0.3, 0.4) is 0 Å². The van der Waals surface area contributed by atoms with Crippen molar-refractivity contribution >= 4 is 34.4 Å². The van der Waals surface area contributed by atoms with E-state index in [4.69, 9.17) is 0 Å². The van der Waals surface area contributed by atoms with Gasteiger partial charge in [0.2, 0.25) is 5.91 Å². The van der Waals surface area contributed by atoms with E-state index < -0.39 is 0 Å². The molecule has 0 radical (unpaired) electrons. The number of thioether (sulfide) groups is 1. The quantitative estimate of drug-likeness (QED) is 0.476. The molecule has 6 heteroatoms. The molecule has 0 unspecified atom stereocenters. The van der Waals surface area contributed by atoms with Crippen molar-refractivity contribution in [1.29, 1.82) is 0 Å². The van der Waals surface area contributed by atoms with E-state index in [1.54, 1.807) is 24.3 Å². The van der Waals surface area contributed by atoms with Gasteiger partial charge in [-0.1, -0.05) is 18.2 Å². The molecule has 0 saturated heterocycles. The first-order chi connectivity index (χ1) is 13.7. The van der Waals surface area contributed by atoms with Gasteiger partial charge < -0.3 is 9.88 Å². The van der Waals surface area contributed by atoms with Gasteiger partial charge in [-0.15, -0.1) is 11.8 Å². The fourth-order valence-electron chi connectivity index (χ4n) is 2.94. The van der Waals surface area contributed by atoms with Gasteiger partial charge in [0.15, 0.2) is 0 Å². The summed E-state index contributed by atoms with van der Waals surface area (Å²) in [6.07, 6.45) is 5.37. The van der Waals surface area contributed by atoms with E-state index in [9.17, 15) is 4.79 Å². The maximum atomic E-state index is 12.7. The molecule has 1 atom stereocenters. The Kier molecular flexibility index (Phi) is 5.39. The first-order valence-electron chi connectivity index (χ1n) is 9.05. The number of nitrogens with one attached hydrogen (secondary N) is 1. The van der Waals surface area contributed by atoms with Crippen molar-refractivity contribution < 1.29 is 4.79 Å². The summed E-state index contributed by atoms with van der Waals surface area (Å²) in [5, 5.41) is 2.99. The number of pyridine rings is 1. The molecule has 0 aliphatic carbocycles. The maximum absolute atomic E-state index is 12.7. The second kappa shape index (κ2) is 8.27. The molecule has 0 spiro atoms. The number of imidazole rings is 1. The topological polar surface area (TPSA) is 59.8 Å². The fraction of sp³-hybridized carbons (Fsp3) is 0.136. The molecule has 0 aliphatic rings. The van der Waals surface area contributed by atoms with Crippen LogP contribution < -0.4 is 5.32 Å². The zero-order valence-corrected chi connectivity index (χ0v) is 16.3. The van der Waals surface area contributed by atoms with Crippen molar-refractivity contribution in [3.8, 4) is 0 Å². The van der Waals surface area contributed by atoms with Crippen LogP contribution >= 0.6 is 11.8 Å². The molecule has 140 valence electrons. The summed E-state index contributed by atoms with van der Waals surface area (Å²) in [6.45, 7) is 1.88. The molecule has 2 aromatic heterocycles. The van der Waals surface area contributed by atoms with E-state index in [2.05, 4.69) is 21.4 Å². The predicted molar refractivity (Wildman–Crippen MR) is 113 cm³/mol. The van der Waals surface area contributed by atoms with E-state index in [1.165, 1.54) is 5.56 Å². The number of fused-ring (bicyclic) bond motifs is 1. The maximum Gasteiger partial charge on any atom is 0.247 e. The number of benzene rings is 2. The third-order valence-electron chi connectivity index (χ3n) is 4.53. The highest BCUT2D eigenvalue weighted by Crippen LogP contribution is 2.24. The van der Waals surface area contributed by atoms with Crippen LogP contribution in [0.25, 0.3) is 11.0 Å². The Balaban J connectivity index is 1.39. The summed E-state index contributed by atoms with van der Waals surface area (Å²) in [5.74, 6) is 0.795. The Morgan fingerprint density at radius 3 is 2.71 bits per heavy atom. The second-order valence-electron chi connectivity index (χ2n) is 6.48. The molecule has 5 nitrogen and oxygen atoms in total. The fourth-order valence-corrected chi connectivity index (χ4v) is 3.78. The van der Waals surface area contributed by atoms with E-state index in [0.717, 1.165) is 27.4 Å². The smallest absolute Gasteiger partial charge is 0.247 e. The summed E-state index contributed by atoms with van der Waals surface area (Å²) in [6, 6.07) is 19.4. The number of nitrogens with zero attached hydrogens (tertiary/aromatic N) is 3. The van der Waals surface area contributed by atoms with Gasteiger partial charge in [-0.25, -0.2) is 4.98 Å². The number of hydrogen-bond acceptors (Lipinski definition) is 4. The van der Waals surface area contributed by atoms with Crippen LogP contribution in [0.5, 0.6) is 0 Å². The highest BCUT2D eigenvalue weighted by Gasteiger charge is 2.17. The Morgan fingerprint density at radius 1 is 1.11 bits per heavy atom. The number of hydrogen-bond donors (Lipinski definition) is 1. The third-order valence-corrected chi connectivity index (χ3v) is 5.61. The number of carbonyl (C=O) groups is 1. The van der Waals surface area contributed by atoms with Crippen LogP contribution in [-0.4, -0.2) is 20.4 Å². The minimum absolute atomic E-state index is 0.0704.